The molecule has 0 saturated heterocycles. The van der Waals surface area contributed by atoms with E-state index in [1.165, 1.54) is 24.6 Å². The second-order valence-corrected chi connectivity index (χ2v) is 6.35. The third-order valence-electron chi connectivity index (χ3n) is 3.67. The number of carbonyl (C=O) groups excluding carboxylic acids is 1. The molecule has 3 rings (SSSR count). The Morgan fingerprint density at radius 3 is 2.77 bits per heavy atom. The molecule has 1 saturated carbocycles. The van der Waals surface area contributed by atoms with Crippen molar-refractivity contribution in [2.45, 2.75) is 43.9 Å². The molecule has 1 aromatic heterocycles. The summed E-state index contributed by atoms with van der Waals surface area (Å²) in [6, 6.07) is 9.92. The van der Waals surface area contributed by atoms with Crippen molar-refractivity contribution in [2.75, 3.05) is 5.75 Å². The molecule has 5 nitrogen and oxygen atoms in total. The van der Waals surface area contributed by atoms with Gasteiger partial charge in [-0.15, -0.1) is 10.2 Å². The Labute approximate surface area is 134 Å². The van der Waals surface area contributed by atoms with Crippen LogP contribution in [0.1, 0.15) is 37.1 Å². The minimum Gasteiger partial charge on any atom is -0.351 e. The molecule has 1 heterocycles. The molecular weight excluding hydrogens is 296 g/mol. The molecule has 1 aromatic carbocycles. The van der Waals surface area contributed by atoms with E-state index in [0.717, 1.165) is 23.1 Å². The van der Waals surface area contributed by atoms with Crippen LogP contribution in [0.25, 0.3) is 0 Å². The molecular formula is C16H20N4OS. The lowest BCUT2D eigenvalue weighted by atomic mass is 10.2. The van der Waals surface area contributed by atoms with Gasteiger partial charge < -0.3 is 9.88 Å². The Hall–Kier alpha value is -1.82. The number of carbonyl (C=O) groups is 1. The number of benzene rings is 1. The molecule has 22 heavy (non-hydrogen) atoms. The Morgan fingerprint density at radius 2 is 2.09 bits per heavy atom. The van der Waals surface area contributed by atoms with E-state index in [9.17, 15) is 4.79 Å². The fraction of sp³-hybridized carbons (Fsp3) is 0.438. The molecule has 116 valence electrons. The summed E-state index contributed by atoms with van der Waals surface area (Å²) in [6.07, 6.45) is 2.42. The van der Waals surface area contributed by atoms with Crippen LogP contribution in [0.4, 0.5) is 0 Å². The van der Waals surface area contributed by atoms with Gasteiger partial charge in [-0.3, -0.25) is 4.79 Å². The maximum Gasteiger partial charge on any atom is 0.230 e. The van der Waals surface area contributed by atoms with Gasteiger partial charge >= 0.3 is 0 Å². The average molecular weight is 316 g/mol. The summed E-state index contributed by atoms with van der Waals surface area (Å²) in [5.74, 6) is 2.05. The van der Waals surface area contributed by atoms with Crippen molar-refractivity contribution in [3.8, 4) is 0 Å². The van der Waals surface area contributed by atoms with Crippen LogP contribution in [0.2, 0.25) is 0 Å². The fourth-order valence-electron chi connectivity index (χ4n) is 2.33. The summed E-state index contributed by atoms with van der Waals surface area (Å²) >= 11 is 1.46. The lowest BCUT2D eigenvalue weighted by Crippen LogP contribution is -2.24. The quantitative estimate of drug-likeness (QED) is 0.798. The van der Waals surface area contributed by atoms with Crippen LogP contribution in [0.3, 0.4) is 0 Å². The third-order valence-corrected chi connectivity index (χ3v) is 4.64. The van der Waals surface area contributed by atoms with E-state index in [1.54, 1.807) is 0 Å². The Bertz CT molecular complexity index is 637. The maximum atomic E-state index is 12.0. The molecule has 2 aromatic rings. The van der Waals surface area contributed by atoms with Crippen LogP contribution >= 0.6 is 11.8 Å². The summed E-state index contributed by atoms with van der Waals surface area (Å²) < 4.78 is 2.13. The molecule has 1 N–H and O–H groups in total. The SMILES string of the molecule is CCn1c(SCC(=O)NCc2ccccc2)nnc1C1CC1. The minimum absolute atomic E-state index is 0.0208. The maximum absolute atomic E-state index is 12.0. The van der Waals surface area contributed by atoms with Crippen LogP contribution in [0, 0.1) is 0 Å². The molecule has 0 spiro atoms. The zero-order valence-electron chi connectivity index (χ0n) is 12.7. The van der Waals surface area contributed by atoms with E-state index in [-0.39, 0.29) is 5.91 Å². The largest absolute Gasteiger partial charge is 0.351 e. The molecule has 0 radical (unpaired) electrons. The second kappa shape index (κ2) is 6.96. The topological polar surface area (TPSA) is 59.8 Å². The summed E-state index contributed by atoms with van der Waals surface area (Å²) in [7, 11) is 0. The zero-order valence-corrected chi connectivity index (χ0v) is 13.5. The van der Waals surface area contributed by atoms with Crippen molar-refractivity contribution in [1.82, 2.24) is 20.1 Å². The van der Waals surface area contributed by atoms with Crippen molar-refractivity contribution in [1.29, 1.82) is 0 Å². The fourth-order valence-corrected chi connectivity index (χ4v) is 3.16. The van der Waals surface area contributed by atoms with Gasteiger partial charge in [-0.2, -0.15) is 0 Å². The summed E-state index contributed by atoms with van der Waals surface area (Å²) in [5, 5.41) is 12.3. The first-order chi connectivity index (χ1) is 10.8. The van der Waals surface area contributed by atoms with Gasteiger partial charge in [0.2, 0.25) is 5.91 Å². The zero-order chi connectivity index (χ0) is 15.4. The second-order valence-electron chi connectivity index (χ2n) is 5.41. The first kappa shape index (κ1) is 15.1. The normalized spacial score (nSPS) is 14.0. The highest BCUT2D eigenvalue weighted by Crippen LogP contribution is 2.39. The Balaban J connectivity index is 1.50. The standard InChI is InChI=1S/C16H20N4OS/c1-2-20-15(13-8-9-13)18-19-16(20)22-11-14(21)17-10-12-6-4-3-5-7-12/h3-7,13H,2,8-11H2,1H3,(H,17,21). The van der Waals surface area contributed by atoms with E-state index in [0.29, 0.717) is 18.2 Å². The van der Waals surface area contributed by atoms with E-state index in [1.807, 2.05) is 30.3 Å². The van der Waals surface area contributed by atoms with Crippen molar-refractivity contribution in [2.24, 2.45) is 0 Å². The van der Waals surface area contributed by atoms with Crippen LogP contribution in [-0.2, 0) is 17.9 Å². The van der Waals surface area contributed by atoms with Crippen molar-refractivity contribution in [3.05, 3.63) is 41.7 Å². The molecule has 0 atom stereocenters. The number of aromatic nitrogens is 3. The molecule has 0 unspecified atom stereocenters. The van der Waals surface area contributed by atoms with Crippen molar-refractivity contribution in [3.63, 3.8) is 0 Å². The molecule has 1 amide bonds. The number of hydrogen-bond acceptors (Lipinski definition) is 4. The number of rotatable bonds is 7. The number of hydrogen-bond donors (Lipinski definition) is 1. The van der Waals surface area contributed by atoms with Gasteiger partial charge in [0, 0.05) is 19.0 Å². The van der Waals surface area contributed by atoms with Gasteiger partial charge in [0.25, 0.3) is 0 Å². The monoisotopic (exact) mass is 316 g/mol. The van der Waals surface area contributed by atoms with Gasteiger partial charge in [-0.05, 0) is 25.3 Å². The predicted molar refractivity (Wildman–Crippen MR) is 86.7 cm³/mol. The lowest BCUT2D eigenvalue weighted by molar-refractivity contribution is -0.118. The van der Waals surface area contributed by atoms with E-state index >= 15 is 0 Å². The molecule has 6 heteroatoms. The molecule has 1 aliphatic rings. The molecule has 1 fully saturated rings. The van der Waals surface area contributed by atoms with E-state index in [4.69, 9.17) is 0 Å². The summed E-state index contributed by atoms with van der Waals surface area (Å²) in [5.41, 5.74) is 1.11. The minimum atomic E-state index is 0.0208. The van der Waals surface area contributed by atoms with Crippen LogP contribution in [-0.4, -0.2) is 26.4 Å². The molecule has 1 aliphatic carbocycles. The molecule has 0 aliphatic heterocycles. The summed E-state index contributed by atoms with van der Waals surface area (Å²) in [4.78, 5) is 12.0. The Morgan fingerprint density at radius 1 is 1.32 bits per heavy atom. The van der Waals surface area contributed by atoms with Gasteiger partial charge in [-0.25, -0.2) is 0 Å². The van der Waals surface area contributed by atoms with Crippen LogP contribution < -0.4 is 5.32 Å². The predicted octanol–water partition coefficient (Wildman–Crippen LogP) is 2.58. The van der Waals surface area contributed by atoms with Gasteiger partial charge in [0.05, 0.1) is 5.75 Å². The first-order valence-corrected chi connectivity index (χ1v) is 8.63. The van der Waals surface area contributed by atoms with Gasteiger partial charge in [0.15, 0.2) is 5.16 Å². The Kier molecular flexibility index (Phi) is 4.77. The van der Waals surface area contributed by atoms with Crippen LogP contribution in [0.5, 0.6) is 0 Å². The number of thioether (sulfide) groups is 1. The smallest absolute Gasteiger partial charge is 0.230 e. The third kappa shape index (κ3) is 3.68. The van der Waals surface area contributed by atoms with Gasteiger partial charge in [0.1, 0.15) is 5.82 Å². The number of nitrogens with one attached hydrogen (secondary N) is 1. The van der Waals surface area contributed by atoms with E-state index in [2.05, 4.69) is 27.0 Å². The van der Waals surface area contributed by atoms with Crippen molar-refractivity contribution < 1.29 is 4.79 Å². The number of nitrogens with zero attached hydrogens (tertiary/aromatic N) is 3. The first-order valence-electron chi connectivity index (χ1n) is 7.64. The number of amides is 1. The van der Waals surface area contributed by atoms with E-state index < -0.39 is 0 Å². The average Bonchev–Trinajstić information content (AvgIpc) is 3.32. The molecule has 0 bridgehead atoms. The van der Waals surface area contributed by atoms with Gasteiger partial charge in [-0.1, -0.05) is 42.1 Å². The highest BCUT2D eigenvalue weighted by atomic mass is 32.2. The highest BCUT2D eigenvalue weighted by Gasteiger charge is 2.30. The lowest BCUT2D eigenvalue weighted by Gasteiger charge is -2.07. The summed E-state index contributed by atoms with van der Waals surface area (Å²) in [6.45, 7) is 3.51. The highest BCUT2D eigenvalue weighted by molar-refractivity contribution is 7.99. The van der Waals surface area contributed by atoms with Crippen LogP contribution in [0.15, 0.2) is 35.5 Å². The van der Waals surface area contributed by atoms with Crippen molar-refractivity contribution >= 4 is 17.7 Å².